The first-order valence-electron chi connectivity index (χ1n) is 12.5. The van der Waals surface area contributed by atoms with Gasteiger partial charge in [0, 0.05) is 61.2 Å². The van der Waals surface area contributed by atoms with E-state index in [1.807, 2.05) is 55.4 Å². The number of benzene rings is 3. The number of carbonyl (C=O) groups excluding carboxylic acids is 1. The van der Waals surface area contributed by atoms with Crippen molar-refractivity contribution in [2.75, 3.05) is 33.2 Å². The molecule has 6 rings (SSSR count). The van der Waals surface area contributed by atoms with Crippen molar-refractivity contribution in [3.63, 3.8) is 0 Å². The zero-order chi connectivity index (χ0) is 28.0. The Morgan fingerprint density at radius 1 is 1.02 bits per heavy atom. The minimum absolute atomic E-state index is 0.296. The molecule has 200 valence electrons. The lowest BCUT2D eigenvalue weighted by Crippen LogP contribution is -2.18. The number of methoxy groups -OCH3 is 1. The fourth-order valence-corrected chi connectivity index (χ4v) is 5.67. The van der Waals surface area contributed by atoms with Crippen molar-refractivity contribution >= 4 is 44.2 Å². The van der Waals surface area contributed by atoms with Crippen LogP contribution in [0.4, 0.5) is 10.1 Å². The summed E-state index contributed by atoms with van der Waals surface area (Å²) in [7, 11) is 7.11. The van der Waals surface area contributed by atoms with Crippen molar-refractivity contribution in [2.24, 2.45) is 0 Å². The Morgan fingerprint density at radius 2 is 1.80 bits per heavy atom. The normalized spacial score (nSPS) is 11.2. The summed E-state index contributed by atoms with van der Waals surface area (Å²) in [5, 5.41) is 4.20. The van der Waals surface area contributed by atoms with Crippen LogP contribution in [0.3, 0.4) is 0 Å². The van der Waals surface area contributed by atoms with Gasteiger partial charge in [-0.1, -0.05) is 11.3 Å². The van der Waals surface area contributed by atoms with E-state index >= 15 is 0 Å². The summed E-state index contributed by atoms with van der Waals surface area (Å²) in [5.74, 6) is 0.394. The van der Waals surface area contributed by atoms with Crippen LogP contribution in [0.1, 0.15) is 10.4 Å². The number of fused-ring (bicyclic) bond motifs is 2. The third-order valence-electron chi connectivity index (χ3n) is 6.72. The summed E-state index contributed by atoms with van der Waals surface area (Å²) < 4.78 is 25.6. The number of halogens is 1. The quantitative estimate of drug-likeness (QED) is 0.239. The summed E-state index contributed by atoms with van der Waals surface area (Å²) in [5.41, 5.74) is 5.93. The number of ether oxygens (including phenoxy) is 1. The molecular weight excluding hydrogens is 527 g/mol. The summed E-state index contributed by atoms with van der Waals surface area (Å²) >= 11 is 1.51. The molecule has 1 amide bonds. The van der Waals surface area contributed by atoms with Gasteiger partial charge in [0.2, 0.25) is 0 Å². The maximum absolute atomic E-state index is 13.7. The molecule has 0 unspecified atom stereocenters. The molecule has 1 N–H and O–H groups in total. The van der Waals surface area contributed by atoms with Gasteiger partial charge in [-0.15, -0.1) is 0 Å². The second-order valence-corrected chi connectivity index (χ2v) is 10.4. The van der Waals surface area contributed by atoms with Crippen LogP contribution < -0.4 is 15.0 Å². The van der Waals surface area contributed by atoms with Gasteiger partial charge in [0.1, 0.15) is 38.3 Å². The second kappa shape index (κ2) is 10.1. The Hall–Kier alpha value is -4.76. The first-order valence-corrected chi connectivity index (χ1v) is 13.3. The van der Waals surface area contributed by atoms with Gasteiger partial charge in [-0.3, -0.25) is 4.79 Å². The van der Waals surface area contributed by atoms with Crippen molar-refractivity contribution in [2.45, 2.75) is 0 Å². The lowest BCUT2D eigenvalue weighted by Gasteiger charge is -2.19. The Morgan fingerprint density at radius 3 is 2.50 bits per heavy atom. The standard InChI is InChI=1S/C31H25FN4O3S/c1-33-29(37)27-23-15-22(25(36(2)3)16-26(23)39-28(27)17-7-9-20(32)10-8-17)18-12-19(14-21(13-18)38-4)30-35-24-6-5-11-34-31(24)40-30/h5-16H,1-4H3,(H,33,37). The van der Waals surface area contributed by atoms with Crippen molar-refractivity contribution < 1.29 is 18.3 Å². The summed E-state index contributed by atoms with van der Waals surface area (Å²) in [6.45, 7) is 0. The van der Waals surface area contributed by atoms with Crippen LogP contribution in [-0.4, -0.2) is 44.1 Å². The highest BCUT2D eigenvalue weighted by atomic mass is 32.1. The van der Waals surface area contributed by atoms with E-state index < -0.39 is 0 Å². The number of pyridine rings is 1. The molecule has 0 saturated heterocycles. The summed E-state index contributed by atoms with van der Waals surface area (Å²) in [6, 6.07) is 19.6. The lowest BCUT2D eigenvalue weighted by molar-refractivity contribution is 0.0964. The van der Waals surface area contributed by atoms with E-state index in [4.69, 9.17) is 14.1 Å². The fourth-order valence-electron chi connectivity index (χ4n) is 4.78. The van der Waals surface area contributed by atoms with Crippen LogP contribution >= 0.6 is 11.3 Å². The predicted molar refractivity (Wildman–Crippen MR) is 158 cm³/mol. The Balaban J connectivity index is 1.59. The average Bonchev–Trinajstić information content (AvgIpc) is 3.58. The number of aromatic nitrogens is 2. The van der Waals surface area contributed by atoms with Gasteiger partial charge in [-0.2, -0.15) is 0 Å². The van der Waals surface area contributed by atoms with Crippen LogP contribution in [0.15, 0.2) is 77.3 Å². The van der Waals surface area contributed by atoms with Crippen molar-refractivity contribution in [3.05, 3.63) is 84.3 Å². The van der Waals surface area contributed by atoms with E-state index in [-0.39, 0.29) is 11.7 Å². The number of carbonyl (C=O) groups is 1. The fraction of sp³-hybridized carbons (Fsp3) is 0.129. The molecule has 3 aromatic carbocycles. The third kappa shape index (κ3) is 4.44. The highest BCUT2D eigenvalue weighted by molar-refractivity contribution is 7.21. The number of amides is 1. The van der Waals surface area contributed by atoms with E-state index in [0.29, 0.717) is 33.6 Å². The van der Waals surface area contributed by atoms with Gasteiger partial charge in [0.25, 0.3) is 5.91 Å². The van der Waals surface area contributed by atoms with E-state index in [2.05, 4.69) is 16.4 Å². The van der Waals surface area contributed by atoms with Crippen molar-refractivity contribution in [3.8, 4) is 38.8 Å². The molecule has 0 saturated carbocycles. The molecular formula is C31H25FN4O3S. The molecule has 3 heterocycles. The van der Waals surface area contributed by atoms with Gasteiger partial charge in [-0.25, -0.2) is 14.4 Å². The molecule has 0 radical (unpaired) electrons. The average molecular weight is 553 g/mol. The molecule has 0 aliphatic heterocycles. The molecule has 0 atom stereocenters. The molecule has 0 bridgehead atoms. The van der Waals surface area contributed by atoms with Gasteiger partial charge in [-0.05, 0) is 66.2 Å². The van der Waals surface area contributed by atoms with Crippen LogP contribution in [0, 0.1) is 5.82 Å². The Labute approximate surface area is 233 Å². The van der Waals surface area contributed by atoms with Gasteiger partial charge >= 0.3 is 0 Å². The molecule has 0 aliphatic rings. The van der Waals surface area contributed by atoms with Gasteiger partial charge in [0.05, 0.1) is 12.7 Å². The minimum atomic E-state index is -0.365. The van der Waals surface area contributed by atoms with Crippen LogP contribution in [0.2, 0.25) is 0 Å². The highest BCUT2D eigenvalue weighted by Gasteiger charge is 2.24. The van der Waals surface area contributed by atoms with E-state index in [1.165, 1.54) is 23.5 Å². The summed E-state index contributed by atoms with van der Waals surface area (Å²) in [4.78, 5) is 25.2. The molecule has 0 fully saturated rings. The molecule has 6 aromatic rings. The lowest BCUT2D eigenvalue weighted by atomic mass is 9.96. The number of anilines is 1. The molecule has 9 heteroatoms. The summed E-state index contributed by atoms with van der Waals surface area (Å²) in [6.07, 6.45) is 1.76. The number of hydrogen-bond acceptors (Lipinski definition) is 7. The molecule has 0 aliphatic carbocycles. The minimum Gasteiger partial charge on any atom is -0.497 e. The van der Waals surface area contributed by atoms with Gasteiger partial charge < -0.3 is 19.4 Å². The van der Waals surface area contributed by atoms with Gasteiger partial charge in [0.15, 0.2) is 0 Å². The first-order chi connectivity index (χ1) is 19.4. The topological polar surface area (TPSA) is 80.5 Å². The van der Waals surface area contributed by atoms with E-state index in [9.17, 15) is 9.18 Å². The number of nitrogens with zero attached hydrogens (tertiary/aromatic N) is 3. The number of rotatable bonds is 6. The number of nitrogens with one attached hydrogen (secondary N) is 1. The first kappa shape index (κ1) is 25.5. The SMILES string of the molecule is CNC(=O)c1c(-c2ccc(F)cc2)oc2cc(N(C)C)c(-c3cc(OC)cc(-c4nc5cccnc5s4)c3)cc12. The maximum atomic E-state index is 13.7. The predicted octanol–water partition coefficient (Wildman–Crippen LogP) is 7.01. The number of hydrogen-bond donors (Lipinski definition) is 1. The zero-order valence-corrected chi connectivity index (χ0v) is 23.1. The molecule has 0 spiro atoms. The molecule has 3 aromatic heterocycles. The molecule has 40 heavy (non-hydrogen) atoms. The Bertz CT molecular complexity index is 1860. The Kier molecular flexibility index (Phi) is 6.43. The van der Waals surface area contributed by atoms with Crippen LogP contribution in [-0.2, 0) is 0 Å². The van der Waals surface area contributed by atoms with Crippen LogP contribution in [0.25, 0.3) is 54.3 Å². The monoisotopic (exact) mass is 552 g/mol. The van der Waals surface area contributed by atoms with Crippen molar-refractivity contribution in [1.29, 1.82) is 0 Å². The number of thiazole rings is 1. The van der Waals surface area contributed by atoms with Crippen LogP contribution in [0.5, 0.6) is 5.75 Å². The van der Waals surface area contributed by atoms with Crippen molar-refractivity contribution in [1.82, 2.24) is 15.3 Å². The second-order valence-electron chi connectivity index (χ2n) is 9.45. The smallest absolute Gasteiger partial charge is 0.255 e. The molecule has 7 nitrogen and oxygen atoms in total. The zero-order valence-electron chi connectivity index (χ0n) is 22.3. The number of furan rings is 1. The highest BCUT2D eigenvalue weighted by Crippen LogP contribution is 2.43. The van der Waals surface area contributed by atoms with E-state index in [1.54, 1.807) is 32.5 Å². The largest absolute Gasteiger partial charge is 0.497 e. The maximum Gasteiger partial charge on any atom is 0.255 e. The van der Waals surface area contributed by atoms with E-state index in [0.717, 1.165) is 37.7 Å². The third-order valence-corrected chi connectivity index (χ3v) is 7.74.